The van der Waals surface area contributed by atoms with E-state index < -0.39 is 12.4 Å². The van der Waals surface area contributed by atoms with Gasteiger partial charge in [-0.25, -0.2) is 4.79 Å². The molecule has 1 saturated heterocycles. The molecule has 17 heavy (non-hydrogen) atoms. The molecule has 2 heterocycles. The maximum Gasteiger partial charge on any atom is 0.338 e. The minimum Gasteiger partial charge on any atom is -0.449 e. The highest BCUT2D eigenvalue weighted by Crippen LogP contribution is 2.24. The summed E-state index contributed by atoms with van der Waals surface area (Å²) in [7, 11) is 0. The van der Waals surface area contributed by atoms with Gasteiger partial charge in [-0.15, -0.1) is 0 Å². The molecule has 3 rings (SSSR count). The maximum atomic E-state index is 11.8. The predicted octanol–water partition coefficient (Wildman–Crippen LogP) is 1.52. The van der Waals surface area contributed by atoms with E-state index in [9.17, 15) is 4.79 Å². The number of rotatable bonds is 2. The summed E-state index contributed by atoms with van der Waals surface area (Å²) in [5.74, 6) is -0.363. The van der Waals surface area contributed by atoms with Gasteiger partial charge >= 0.3 is 5.97 Å². The van der Waals surface area contributed by atoms with Crippen LogP contribution in [-0.2, 0) is 14.2 Å². The molecule has 4 heteroatoms. The number of carbonyl (C=O) groups is 1. The number of ether oxygens (including phenoxy) is 3. The van der Waals surface area contributed by atoms with E-state index in [4.69, 9.17) is 14.2 Å². The Balaban J connectivity index is 1.70. The quantitative estimate of drug-likeness (QED) is 0.573. The van der Waals surface area contributed by atoms with Crippen molar-refractivity contribution in [2.45, 2.75) is 18.5 Å². The average Bonchev–Trinajstić information content (AvgIpc) is 2.77. The van der Waals surface area contributed by atoms with E-state index in [1.807, 2.05) is 18.2 Å². The molecule has 1 aromatic carbocycles. The lowest BCUT2D eigenvalue weighted by Crippen LogP contribution is -2.33. The van der Waals surface area contributed by atoms with Crippen LogP contribution in [0.15, 0.2) is 42.5 Å². The van der Waals surface area contributed by atoms with Crippen LogP contribution in [0, 0.1) is 0 Å². The fourth-order valence-electron chi connectivity index (χ4n) is 1.90. The molecular formula is C13H12O4. The third-order valence-electron chi connectivity index (χ3n) is 2.77. The van der Waals surface area contributed by atoms with Gasteiger partial charge in [-0.1, -0.05) is 24.3 Å². The Hall–Kier alpha value is -1.65. The molecule has 0 aromatic heterocycles. The van der Waals surface area contributed by atoms with E-state index in [-0.39, 0.29) is 12.1 Å². The molecule has 0 amide bonds. The molecular weight excluding hydrogens is 220 g/mol. The van der Waals surface area contributed by atoms with Crippen LogP contribution >= 0.6 is 0 Å². The molecule has 4 nitrogen and oxygen atoms in total. The fraction of sp³-hybridized carbons (Fsp3) is 0.308. The minimum atomic E-state index is -0.460. The van der Waals surface area contributed by atoms with Crippen LogP contribution in [0.3, 0.4) is 0 Å². The van der Waals surface area contributed by atoms with Crippen LogP contribution in [0.4, 0.5) is 0 Å². The van der Waals surface area contributed by atoms with Crippen LogP contribution in [-0.4, -0.2) is 31.1 Å². The van der Waals surface area contributed by atoms with E-state index in [0.29, 0.717) is 12.2 Å². The van der Waals surface area contributed by atoms with Crippen molar-refractivity contribution < 1.29 is 19.0 Å². The molecule has 2 aliphatic heterocycles. The number of fused-ring (bicyclic) bond motifs is 2. The number of carbonyl (C=O) groups excluding carboxylic acids is 1. The van der Waals surface area contributed by atoms with Gasteiger partial charge in [-0.3, -0.25) is 0 Å². The molecule has 0 aliphatic carbocycles. The highest BCUT2D eigenvalue weighted by molar-refractivity contribution is 5.89. The Bertz CT molecular complexity index is 440. The average molecular weight is 232 g/mol. The monoisotopic (exact) mass is 232 g/mol. The van der Waals surface area contributed by atoms with Crippen LogP contribution in [0.2, 0.25) is 0 Å². The van der Waals surface area contributed by atoms with Gasteiger partial charge in [0.1, 0.15) is 6.10 Å². The Morgan fingerprint density at radius 1 is 1.24 bits per heavy atom. The molecule has 0 saturated carbocycles. The van der Waals surface area contributed by atoms with E-state index >= 15 is 0 Å². The molecule has 2 aliphatic rings. The summed E-state index contributed by atoms with van der Waals surface area (Å²) >= 11 is 0. The molecule has 3 atom stereocenters. The molecule has 0 N–H and O–H groups in total. The standard InChI is InChI=1S/C13H12O4/c14-12(9-4-2-1-3-5-9)17-11-7-6-10-8-15-13(11)16-10/h1-7,10-11,13H,8H2/t10-,11+,13+/m0/s1. The van der Waals surface area contributed by atoms with Crippen molar-refractivity contribution in [3.8, 4) is 0 Å². The first-order valence-corrected chi connectivity index (χ1v) is 5.54. The van der Waals surface area contributed by atoms with E-state index in [1.165, 1.54) is 0 Å². The van der Waals surface area contributed by atoms with Gasteiger partial charge in [-0.05, 0) is 18.2 Å². The van der Waals surface area contributed by atoms with Gasteiger partial charge in [0.2, 0.25) is 0 Å². The van der Waals surface area contributed by atoms with Crippen LogP contribution < -0.4 is 0 Å². The maximum absolute atomic E-state index is 11.8. The summed E-state index contributed by atoms with van der Waals surface area (Å²) in [4.78, 5) is 11.8. The zero-order valence-electron chi connectivity index (χ0n) is 9.11. The lowest BCUT2D eigenvalue weighted by atomic mass is 10.2. The molecule has 1 aromatic rings. The van der Waals surface area contributed by atoms with Gasteiger partial charge < -0.3 is 14.2 Å². The first-order chi connectivity index (χ1) is 8.33. The smallest absolute Gasteiger partial charge is 0.338 e. The summed E-state index contributed by atoms with van der Waals surface area (Å²) in [6.07, 6.45) is 2.78. The lowest BCUT2D eigenvalue weighted by molar-refractivity contribution is -0.119. The highest BCUT2D eigenvalue weighted by atomic mass is 16.7. The topological polar surface area (TPSA) is 44.8 Å². The van der Waals surface area contributed by atoms with Crippen molar-refractivity contribution in [2.75, 3.05) is 6.61 Å². The van der Waals surface area contributed by atoms with Gasteiger partial charge in [0, 0.05) is 0 Å². The Morgan fingerprint density at radius 2 is 2.06 bits per heavy atom. The van der Waals surface area contributed by atoms with Gasteiger partial charge in [0.25, 0.3) is 0 Å². The first kappa shape index (κ1) is 10.5. The molecule has 88 valence electrons. The summed E-state index contributed by atoms with van der Waals surface area (Å²) in [6.45, 7) is 0.528. The van der Waals surface area contributed by atoms with E-state index in [0.717, 1.165) is 0 Å². The fourth-order valence-corrected chi connectivity index (χ4v) is 1.90. The van der Waals surface area contributed by atoms with Crippen molar-refractivity contribution in [2.24, 2.45) is 0 Å². The van der Waals surface area contributed by atoms with Crippen LogP contribution in [0.1, 0.15) is 10.4 Å². The highest BCUT2D eigenvalue weighted by Gasteiger charge is 2.36. The zero-order valence-corrected chi connectivity index (χ0v) is 9.11. The van der Waals surface area contributed by atoms with Gasteiger partial charge in [0.15, 0.2) is 12.4 Å². The third kappa shape index (κ3) is 2.09. The van der Waals surface area contributed by atoms with E-state index in [1.54, 1.807) is 24.3 Å². The van der Waals surface area contributed by atoms with Crippen molar-refractivity contribution in [1.82, 2.24) is 0 Å². The second-order valence-corrected chi connectivity index (χ2v) is 4.00. The summed E-state index contributed by atoms with van der Waals surface area (Å²) in [5, 5.41) is 0. The van der Waals surface area contributed by atoms with Crippen molar-refractivity contribution in [3.05, 3.63) is 48.0 Å². The van der Waals surface area contributed by atoms with Gasteiger partial charge in [0.05, 0.1) is 12.2 Å². The zero-order chi connectivity index (χ0) is 11.7. The van der Waals surface area contributed by atoms with Crippen LogP contribution in [0.5, 0.6) is 0 Å². The third-order valence-corrected chi connectivity index (χ3v) is 2.77. The Labute approximate surface area is 98.8 Å². The summed E-state index contributed by atoms with van der Waals surface area (Å²) in [6, 6.07) is 8.88. The van der Waals surface area contributed by atoms with E-state index in [2.05, 4.69) is 0 Å². The minimum absolute atomic E-state index is 0.00618. The largest absolute Gasteiger partial charge is 0.449 e. The summed E-state index contributed by atoms with van der Waals surface area (Å²) in [5.41, 5.74) is 0.529. The SMILES string of the molecule is O=C(O[C@@H]1C=C[C@H]2CO[C@@H]1O2)c1ccccc1. The molecule has 1 fully saturated rings. The number of hydrogen-bond donors (Lipinski definition) is 0. The molecule has 0 spiro atoms. The molecule has 0 unspecified atom stereocenters. The number of benzene rings is 1. The Morgan fingerprint density at radius 3 is 2.88 bits per heavy atom. The Kier molecular flexibility index (Phi) is 2.66. The molecule has 0 radical (unpaired) electrons. The summed E-state index contributed by atoms with van der Waals surface area (Å²) < 4.78 is 16.2. The second-order valence-electron chi connectivity index (χ2n) is 4.00. The van der Waals surface area contributed by atoms with Crippen molar-refractivity contribution in [1.29, 1.82) is 0 Å². The second kappa shape index (κ2) is 4.31. The van der Waals surface area contributed by atoms with Crippen LogP contribution in [0.25, 0.3) is 0 Å². The number of hydrogen-bond acceptors (Lipinski definition) is 4. The molecule has 2 bridgehead atoms. The van der Waals surface area contributed by atoms with Crippen molar-refractivity contribution in [3.63, 3.8) is 0 Å². The van der Waals surface area contributed by atoms with Gasteiger partial charge in [-0.2, -0.15) is 0 Å². The van der Waals surface area contributed by atoms with Crippen molar-refractivity contribution >= 4 is 5.97 Å². The normalized spacial score (nSPS) is 30.2. The first-order valence-electron chi connectivity index (χ1n) is 5.54. The lowest BCUT2D eigenvalue weighted by Gasteiger charge is -2.22. The predicted molar refractivity (Wildman–Crippen MR) is 59.4 cm³/mol. The number of esters is 1.